The van der Waals surface area contributed by atoms with Crippen LogP contribution in [0.3, 0.4) is 0 Å². The number of aliphatic imine (C=N–C) groups is 1. The monoisotopic (exact) mass is 560 g/mol. The highest BCUT2D eigenvalue weighted by Gasteiger charge is 2.36. The Morgan fingerprint density at radius 1 is 0.974 bits per heavy atom. The van der Waals surface area contributed by atoms with Crippen LogP contribution in [0.5, 0.6) is 11.5 Å². The normalized spacial score (nSPS) is 16.2. The SMILES string of the molecule is CCOc1cc(C=C2C(=N)N3N=C(c4ccc(C)cc4)SC3=NC2=O)ccc1OS(=O)(=O)c1ccc(C)cc1. The second kappa shape index (κ2) is 10.5. The molecule has 5 rings (SSSR count). The predicted octanol–water partition coefficient (Wildman–Crippen LogP) is 5.14. The average molecular weight is 561 g/mol. The van der Waals surface area contributed by atoms with E-state index in [1.165, 1.54) is 41.0 Å². The molecular weight excluding hydrogens is 536 g/mol. The van der Waals surface area contributed by atoms with Crippen LogP contribution in [-0.2, 0) is 14.9 Å². The van der Waals surface area contributed by atoms with Gasteiger partial charge in [-0.2, -0.15) is 23.5 Å². The standard InChI is InChI=1S/C28H24N4O5S2/c1-4-36-24-16-19(9-14-23(24)37-39(34,35)21-12-7-18(3)8-13-21)15-22-25(29)32-28(30-26(22)33)38-27(31-32)20-10-5-17(2)6-11-20/h5-16,29H,4H2,1-3H3. The first kappa shape index (κ1) is 26.4. The highest BCUT2D eigenvalue weighted by molar-refractivity contribution is 8.27. The fourth-order valence-corrected chi connectivity index (χ4v) is 5.63. The smallest absolute Gasteiger partial charge is 0.339 e. The third-order valence-corrected chi connectivity index (χ3v) is 8.05. The maximum Gasteiger partial charge on any atom is 0.339 e. The third-order valence-electron chi connectivity index (χ3n) is 5.84. The van der Waals surface area contributed by atoms with E-state index in [4.69, 9.17) is 14.3 Å². The van der Waals surface area contributed by atoms with Crippen LogP contribution in [0, 0.1) is 19.3 Å². The quantitative estimate of drug-likeness (QED) is 0.314. The lowest BCUT2D eigenvalue weighted by atomic mass is 10.1. The number of hydrazone groups is 1. The van der Waals surface area contributed by atoms with Gasteiger partial charge in [0, 0.05) is 5.56 Å². The molecule has 0 atom stereocenters. The first-order valence-corrected chi connectivity index (χ1v) is 14.2. The Hall–Kier alpha value is -4.22. The fourth-order valence-electron chi connectivity index (χ4n) is 3.79. The number of thioether (sulfide) groups is 1. The molecule has 198 valence electrons. The number of hydrogen-bond acceptors (Lipinski definition) is 8. The third kappa shape index (κ3) is 5.50. The number of hydrogen-bond donors (Lipinski definition) is 1. The first-order valence-electron chi connectivity index (χ1n) is 12.0. The Labute approximate surface area is 230 Å². The highest BCUT2D eigenvalue weighted by Crippen LogP contribution is 2.34. The summed E-state index contributed by atoms with van der Waals surface area (Å²) in [7, 11) is -4.09. The van der Waals surface area contributed by atoms with Crippen LogP contribution in [0.4, 0.5) is 0 Å². The Bertz CT molecular complexity index is 1680. The molecule has 1 amide bonds. The number of aryl methyl sites for hydroxylation is 2. The second-order valence-electron chi connectivity index (χ2n) is 8.78. The van der Waals surface area contributed by atoms with Crippen LogP contribution in [-0.4, -0.2) is 42.0 Å². The molecule has 2 heterocycles. The molecule has 2 aliphatic heterocycles. The molecule has 39 heavy (non-hydrogen) atoms. The summed E-state index contributed by atoms with van der Waals surface area (Å²) in [5.74, 6) is -0.495. The van der Waals surface area contributed by atoms with Gasteiger partial charge in [-0.1, -0.05) is 53.6 Å². The molecule has 2 aliphatic rings. The zero-order chi connectivity index (χ0) is 27.7. The number of amidine groups is 2. The lowest BCUT2D eigenvalue weighted by Gasteiger charge is -2.20. The van der Waals surface area contributed by atoms with Crippen LogP contribution >= 0.6 is 11.8 Å². The highest BCUT2D eigenvalue weighted by atomic mass is 32.2. The molecule has 0 fully saturated rings. The molecule has 0 unspecified atom stereocenters. The molecule has 3 aromatic rings. The fraction of sp³-hybridized carbons (Fsp3) is 0.143. The summed E-state index contributed by atoms with van der Waals surface area (Å²) in [5.41, 5.74) is 3.44. The van der Waals surface area contributed by atoms with Gasteiger partial charge in [0.1, 0.15) is 9.94 Å². The van der Waals surface area contributed by atoms with Crippen molar-refractivity contribution in [3.05, 3.63) is 94.6 Å². The van der Waals surface area contributed by atoms with Gasteiger partial charge in [-0.3, -0.25) is 10.2 Å². The van der Waals surface area contributed by atoms with Crippen LogP contribution < -0.4 is 8.92 Å². The summed E-state index contributed by atoms with van der Waals surface area (Å²) in [6.45, 7) is 5.86. The van der Waals surface area contributed by atoms with E-state index < -0.39 is 16.0 Å². The van der Waals surface area contributed by atoms with Crippen molar-refractivity contribution >= 4 is 49.9 Å². The van der Waals surface area contributed by atoms with Gasteiger partial charge in [0.2, 0.25) is 5.17 Å². The zero-order valence-electron chi connectivity index (χ0n) is 21.3. The van der Waals surface area contributed by atoms with Crippen molar-refractivity contribution in [3.8, 4) is 11.5 Å². The summed E-state index contributed by atoms with van der Waals surface area (Å²) in [5, 5.41) is 15.4. The van der Waals surface area contributed by atoms with Crippen LogP contribution in [0.25, 0.3) is 6.08 Å². The number of amides is 1. The van der Waals surface area contributed by atoms with Gasteiger partial charge < -0.3 is 8.92 Å². The molecular formula is C28H24N4O5S2. The molecule has 9 nitrogen and oxygen atoms in total. The van der Waals surface area contributed by atoms with E-state index >= 15 is 0 Å². The molecule has 0 radical (unpaired) electrons. The number of nitrogens with zero attached hydrogens (tertiary/aromatic N) is 3. The number of rotatable bonds is 7. The molecule has 0 saturated carbocycles. The minimum Gasteiger partial charge on any atom is -0.490 e. The number of carbonyl (C=O) groups excluding carboxylic acids is 1. The molecule has 0 aromatic heterocycles. The Kier molecular flexibility index (Phi) is 7.11. The van der Waals surface area contributed by atoms with Crippen LogP contribution in [0.1, 0.15) is 29.2 Å². The van der Waals surface area contributed by atoms with E-state index in [0.717, 1.165) is 16.7 Å². The first-order chi connectivity index (χ1) is 18.6. The molecule has 1 N–H and O–H groups in total. The summed E-state index contributed by atoms with van der Waals surface area (Å²) in [6, 6.07) is 18.7. The van der Waals surface area contributed by atoms with Gasteiger partial charge in [-0.15, -0.1) is 0 Å². The minimum atomic E-state index is -4.09. The van der Waals surface area contributed by atoms with Gasteiger partial charge in [0.25, 0.3) is 5.91 Å². The number of carbonyl (C=O) groups is 1. The lowest BCUT2D eigenvalue weighted by Crippen LogP contribution is -2.35. The zero-order valence-corrected chi connectivity index (χ0v) is 23.0. The number of benzene rings is 3. The van der Waals surface area contributed by atoms with E-state index in [2.05, 4.69) is 10.1 Å². The summed E-state index contributed by atoms with van der Waals surface area (Å²) in [6.07, 6.45) is 1.50. The van der Waals surface area contributed by atoms with Gasteiger partial charge in [0.15, 0.2) is 17.3 Å². The second-order valence-corrected chi connectivity index (χ2v) is 11.3. The van der Waals surface area contributed by atoms with Gasteiger partial charge in [-0.25, -0.2) is 0 Å². The number of nitrogens with one attached hydrogen (secondary N) is 1. The van der Waals surface area contributed by atoms with Crippen molar-refractivity contribution in [2.24, 2.45) is 10.1 Å². The molecule has 11 heteroatoms. The molecule has 0 saturated heterocycles. The number of ether oxygens (including phenoxy) is 1. The van der Waals surface area contributed by atoms with E-state index in [1.807, 2.05) is 38.1 Å². The van der Waals surface area contributed by atoms with Gasteiger partial charge in [0.05, 0.1) is 12.2 Å². The van der Waals surface area contributed by atoms with E-state index in [1.54, 1.807) is 31.2 Å². The Balaban J connectivity index is 1.43. The lowest BCUT2D eigenvalue weighted by molar-refractivity contribution is -0.114. The van der Waals surface area contributed by atoms with Crippen molar-refractivity contribution in [3.63, 3.8) is 0 Å². The molecule has 0 bridgehead atoms. The summed E-state index contributed by atoms with van der Waals surface area (Å²) in [4.78, 5) is 17.0. The van der Waals surface area contributed by atoms with Gasteiger partial charge >= 0.3 is 10.1 Å². The summed E-state index contributed by atoms with van der Waals surface area (Å²) >= 11 is 1.23. The summed E-state index contributed by atoms with van der Waals surface area (Å²) < 4.78 is 36.6. The average Bonchev–Trinajstić information content (AvgIpc) is 3.33. The van der Waals surface area contributed by atoms with Crippen molar-refractivity contribution in [1.82, 2.24) is 5.01 Å². The van der Waals surface area contributed by atoms with Gasteiger partial charge in [-0.05, 0) is 68.4 Å². The van der Waals surface area contributed by atoms with Crippen molar-refractivity contribution in [1.29, 1.82) is 5.41 Å². The molecule has 0 aliphatic carbocycles. The maximum atomic E-state index is 12.9. The van der Waals surface area contributed by atoms with E-state index in [0.29, 0.717) is 15.8 Å². The van der Waals surface area contributed by atoms with Crippen LogP contribution in [0.2, 0.25) is 0 Å². The maximum absolute atomic E-state index is 12.9. The van der Waals surface area contributed by atoms with Crippen molar-refractivity contribution < 1.29 is 22.1 Å². The Morgan fingerprint density at radius 3 is 2.31 bits per heavy atom. The van der Waals surface area contributed by atoms with E-state index in [-0.39, 0.29) is 34.4 Å². The largest absolute Gasteiger partial charge is 0.490 e. The Morgan fingerprint density at radius 2 is 1.64 bits per heavy atom. The van der Waals surface area contributed by atoms with Crippen molar-refractivity contribution in [2.75, 3.05) is 6.61 Å². The van der Waals surface area contributed by atoms with E-state index in [9.17, 15) is 13.2 Å². The van der Waals surface area contributed by atoms with Crippen molar-refractivity contribution in [2.45, 2.75) is 25.7 Å². The number of fused-ring (bicyclic) bond motifs is 1. The molecule has 3 aromatic carbocycles. The minimum absolute atomic E-state index is 0.00760. The molecule has 0 spiro atoms. The predicted molar refractivity (Wildman–Crippen MR) is 152 cm³/mol. The van der Waals surface area contributed by atoms with Crippen LogP contribution in [0.15, 0.2) is 87.3 Å². The topological polar surface area (TPSA) is 121 Å².